The maximum absolute atomic E-state index is 13.2. The van der Waals surface area contributed by atoms with E-state index in [0.29, 0.717) is 5.56 Å². The minimum Gasteiger partial charge on any atom is -0.326 e. The summed E-state index contributed by atoms with van der Waals surface area (Å²) in [5, 5.41) is 0. The Kier molecular flexibility index (Phi) is 4.12. The van der Waals surface area contributed by atoms with E-state index >= 15 is 0 Å². The maximum atomic E-state index is 13.2. The standard InChI is InChI=1S/C15H18FN3/c1-3-19(14-7-5-4-6-11(14)2)15-12(9-17)8-13(16)10-18-15/h4-8,10H,3,9,17H2,1-2H3. The van der Waals surface area contributed by atoms with Gasteiger partial charge in [-0.1, -0.05) is 18.2 Å². The van der Waals surface area contributed by atoms with E-state index in [-0.39, 0.29) is 12.4 Å². The second-order valence-electron chi connectivity index (χ2n) is 4.37. The third-order valence-electron chi connectivity index (χ3n) is 3.11. The molecule has 0 aliphatic rings. The van der Waals surface area contributed by atoms with Crippen LogP contribution in [0.4, 0.5) is 15.9 Å². The summed E-state index contributed by atoms with van der Waals surface area (Å²) in [6.07, 6.45) is 1.23. The van der Waals surface area contributed by atoms with E-state index in [0.717, 1.165) is 23.6 Å². The molecule has 0 aliphatic heterocycles. The number of pyridine rings is 1. The summed E-state index contributed by atoms with van der Waals surface area (Å²) in [5.74, 6) is 0.366. The molecule has 1 aromatic heterocycles. The molecule has 0 saturated carbocycles. The van der Waals surface area contributed by atoms with Gasteiger partial charge in [0.15, 0.2) is 0 Å². The molecule has 0 radical (unpaired) electrons. The number of rotatable bonds is 4. The molecule has 0 aliphatic carbocycles. The average Bonchev–Trinajstić information content (AvgIpc) is 2.43. The van der Waals surface area contributed by atoms with Gasteiger partial charge in [-0.25, -0.2) is 9.37 Å². The molecular formula is C15H18FN3. The van der Waals surface area contributed by atoms with Crippen LogP contribution in [-0.4, -0.2) is 11.5 Å². The van der Waals surface area contributed by atoms with Crippen molar-refractivity contribution in [1.29, 1.82) is 0 Å². The van der Waals surface area contributed by atoms with Crippen molar-refractivity contribution in [3.63, 3.8) is 0 Å². The first-order valence-corrected chi connectivity index (χ1v) is 6.35. The fraction of sp³-hybridized carbons (Fsp3) is 0.267. The summed E-state index contributed by atoms with van der Waals surface area (Å²) in [5.41, 5.74) is 8.63. The van der Waals surface area contributed by atoms with Crippen LogP contribution in [-0.2, 0) is 6.54 Å². The first kappa shape index (κ1) is 13.5. The van der Waals surface area contributed by atoms with Crippen LogP contribution in [0.5, 0.6) is 0 Å². The molecule has 2 rings (SSSR count). The largest absolute Gasteiger partial charge is 0.326 e. The summed E-state index contributed by atoms with van der Waals surface area (Å²) in [6, 6.07) is 9.50. The second kappa shape index (κ2) is 5.80. The Hall–Kier alpha value is -1.94. The van der Waals surface area contributed by atoms with Gasteiger partial charge in [-0.2, -0.15) is 0 Å². The molecule has 1 heterocycles. The number of aromatic nitrogens is 1. The van der Waals surface area contributed by atoms with E-state index in [1.165, 1.54) is 12.3 Å². The number of nitrogens with zero attached hydrogens (tertiary/aromatic N) is 2. The molecule has 0 bridgehead atoms. The topological polar surface area (TPSA) is 42.2 Å². The van der Waals surface area contributed by atoms with E-state index in [2.05, 4.69) is 9.88 Å². The monoisotopic (exact) mass is 259 g/mol. The highest BCUT2D eigenvalue weighted by atomic mass is 19.1. The number of benzene rings is 1. The molecule has 19 heavy (non-hydrogen) atoms. The van der Waals surface area contributed by atoms with Crippen molar-refractivity contribution in [3.05, 3.63) is 53.5 Å². The SMILES string of the molecule is CCN(c1ccccc1C)c1ncc(F)cc1CN. The normalized spacial score (nSPS) is 10.5. The Labute approximate surface area is 112 Å². The van der Waals surface area contributed by atoms with Crippen LogP contribution in [0.15, 0.2) is 36.5 Å². The van der Waals surface area contributed by atoms with Gasteiger partial charge in [-0.15, -0.1) is 0 Å². The van der Waals surface area contributed by atoms with Crippen LogP contribution in [0.3, 0.4) is 0 Å². The van der Waals surface area contributed by atoms with Crippen molar-refractivity contribution in [3.8, 4) is 0 Å². The van der Waals surface area contributed by atoms with Gasteiger partial charge in [0.25, 0.3) is 0 Å². The van der Waals surface area contributed by atoms with Crippen LogP contribution in [0.1, 0.15) is 18.1 Å². The third-order valence-corrected chi connectivity index (χ3v) is 3.11. The number of aryl methyl sites for hydroxylation is 1. The van der Waals surface area contributed by atoms with Crippen molar-refractivity contribution >= 4 is 11.5 Å². The summed E-state index contributed by atoms with van der Waals surface area (Å²) < 4.78 is 13.2. The number of anilines is 2. The lowest BCUT2D eigenvalue weighted by molar-refractivity contribution is 0.618. The molecule has 100 valence electrons. The van der Waals surface area contributed by atoms with Gasteiger partial charge in [-0.3, -0.25) is 0 Å². The van der Waals surface area contributed by atoms with Crippen molar-refractivity contribution in [2.24, 2.45) is 5.73 Å². The highest BCUT2D eigenvalue weighted by molar-refractivity contribution is 5.65. The zero-order chi connectivity index (χ0) is 13.8. The van der Waals surface area contributed by atoms with Gasteiger partial charge < -0.3 is 10.6 Å². The van der Waals surface area contributed by atoms with Crippen LogP contribution >= 0.6 is 0 Å². The van der Waals surface area contributed by atoms with E-state index in [4.69, 9.17) is 5.73 Å². The minimum absolute atomic E-state index is 0.266. The quantitative estimate of drug-likeness (QED) is 0.917. The Morgan fingerprint density at radius 2 is 2.05 bits per heavy atom. The summed E-state index contributed by atoms with van der Waals surface area (Å²) in [6.45, 7) is 5.10. The molecule has 1 aromatic carbocycles. The summed E-state index contributed by atoms with van der Waals surface area (Å²) in [4.78, 5) is 6.26. The predicted molar refractivity (Wildman–Crippen MR) is 75.9 cm³/mol. The smallest absolute Gasteiger partial charge is 0.141 e. The van der Waals surface area contributed by atoms with Crippen molar-refractivity contribution < 1.29 is 4.39 Å². The Bertz CT molecular complexity index is 569. The van der Waals surface area contributed by atoms with Crippen LogP contribution in [0.25, 0.3) is 0 Å². The van der Waals surface area contributed by atoms with Gasteiger partial charge >= 0.3 is 0 Å². The van der Waals surface area contributed by atoms with E-state index in [1.54, 1.807) is 0 Å². The van der Waals surface area contributed by atoms with Crippen molar-refractivity contribution in [2.45, 2.75) is 20.4 Å². The molecule has 2 N–H and O–H groups in total. The lowest BCUT2D eigenvalue weighted by Crippen LogP contribution is -2.21. The number of para-hydroxylation sites is 1. The van der Waals surface area contributed by atoms with E-state index in [9.17, 15) is 4.39 Å². The number of hydrogen-bond donors (Lipinski definition) is 1. The highest BCUT2D eigenvalue weighted by Crippen LogP contribution is 2.29. The molecule has 0 amide bonds. The minimum atomic E-state index is -0.356. The Morgan fingerprint density at radius 3 is 2.68 bits per heavy atom. The Morgan fingerprint density at radius 1 is 1.32 bits per heavy atom. The van der Waals surface area contributed by atoms with Crippen LogP contribution in [0, 0.1) is 12.7 Å². The molecular weight excluding hydrogens is 241 g/mol. The van der Waals surface area contributed by atoms with Gasteiger partial charge in [0, 0.05) is 24.3 Å². The molecule has 2 aromatic rings. The molecule has 3 nitrogen and oxygen atoms in total. The van der Waals surface area contributed by atoms with Gasteiger partial charge in [0.2, 0.25) is 0 Å². The maximum Gasteiger partial charge on any atom is 0.141 e. The highest BCUT2D eigenvalue weighted by Gasteiger charge is 2.14. The van der Waals surface area contributed by atoms with Gasteiger partial charge in [-0.05, 0) is 31.5 Å². The lowest BCUT2D eigenvalue weighted by atomic mass is 10.1. The third kappa shape index (κ3) is 2.74. The predicted octanol–water partition coefficient (Wildman–Crippen LogP) is 3.15. The zero-order valence-electron chi connectivity index (χ0n) is 11.2. The molecule has 0 unspecified atom stereocenters. The van der Waals surface area contributed by atoms with Crippen molar-refractivity contribution in [1.82, 2.24) is 4.98 Å². The first-order chi connectivity index (χ1) is 9.17. The fourth-order valence-corrected chi connectivity index (χ4v) is 2.17. The number of nitrogens with two attached hydrogens (primary N) is 1. The first-order valence-electron chi connectivity index (χ1n) is 6.35. The summed E-state index contributed by atoms with van der Waals surface area (Å²) >= 11 is 0. The van der Waals surface area contributed by atoms with Crippen molar-refractivity contribution in [2.75, 3.05) is 11.4 Å². The lowest BCUT2D eigenvalue weighted by Gasteiger charge is -2.25. The van der Waals surface area contributed by atoms with Gasteiger partial charge in [0.1, 0.15) is 11.6 Å². The van der Waals surface area contributed by atoms with Crippen LogP contribution in [0.2, 0.25) is 0 Å². The van der Waals surface area contributed by atoms with E-state index < -0.39 is 0 Å². The van der Waals surface area contributed by atoms with E-state index in [1.807, 2.05) is 38.1 Å². The number of halogens is 1. The summed E-state index contributed by atoms with van der Waals surface area (Å²) in [7, 11) is 0. The Balaban J connectivity index is 2.51. The molecule has 0 saturated heterocycles. The second-order valence-corrected chi connectivity index (χ2v) is 4.37. The van der Waals surface area contributed by atoms with Crippen LogP contribution < -0.4 is 10.6 Å². The fourth-order valence-electron chi connectivity index (χ4n) is 2.17. The van der Waals surface area contributed by atoms with Gasteiger partial charge in [0.05, 0.1) is 6.20 Å². The zero-order valence-corrected chi connectivity index (χ0v) is 11.2. The molecule has 0 fully saturated rings. The average molecular weight is 259 g/mol. The molecule has 4 heteroatoms. The molecule has 0 spiro atoms. The molecule has 0 atom stereocenters. The number of hydrogen-bond acceptors (Lipinski definition) is 3.